The van der Waals surface area contributed by atoms with Crippen LogP contribution in [0.3, 0.4) is 0 Å². The normalized spacial score (nSPS) is 24.9. The highest BCUT2D eigenvalue weighted by atomic mass is 35.5. The number of carbonyl (C=O) groups is 2. The Morgan fingerprint density at radius 3 is 2.93 bits per heavy atom. The van der Waals surface area contributed by atoms with Gasteiger partial charge in [-0.05, 0) is 43.9 Å². The predicted molar refractivity (Wildman–Crippen MR) is 112 cm³/mol. The van der Waals surface area contributed by atoms with E-state index in [2.05, 4.69) is 16.0 Å². The first-order valence-corrected chi connectivity index (χ1v) is 11.1. The van der Waals surface area contributed by atoms with Crippen molar-refractivity contribution in [2.24, 2.45) is 0 Å². The average Bonchev–Trinajstić information content (AvgIpc) is 3.13. The number of benzene rings is 1. The molecule has 2 heterocycles. The Kier molecular flexibility index (Phi) is 7.17. The summed E-state index contributed by atoms with van der Waals surface area (Å²) in [6.45, 7) is 1.98. The summed E-state index contributed by atoms with van der Waals surface area (Å²) in [5.74, 6) is 1.04. The Hall–Kier alpha value is -1.11. The number of unbranched alkanes of at least 4 members (excludes halogenated alkanes) is 1. The van der Waals surface area contributed by atoms with Crippen molar-refractivity contribution < 1.29 is 9.59 Å². The Morgan fingerprint density at radius 2 is 2.15 bits per heavy atom. The van der Waals surface area contributed by atoms with Gasteiger partial charge in [-0.3, -0.25) is 4.79 Å². The first-order valence-electron chi connectivity index (χ1n) is 9.34. The monoisotopic (exact) mass is 429 g/mol. The van der Waals surface area contributed by atoms with E-state index in [9.17, 15) is 9.59 Å². The predicted octanol–water partition coefficient (Wildman–Crippen LogP) is 3.77. The second kappa shape index (κ2) is 9.39. The first-order chi connectivity index (χ1) is 12.9. The van der Waals surface area contributed by atoms with E-state index in [-0.39, 0.29) is 30.1 Å². The third-order valence-corrected chi connectivity index (χ3v) is 7.12. The number of urea groups is 1. The minimum absolute atomic E-state index is 0.0158. The molecule has 2 aliphatic rings. The molecule has 27 heavy (non-hydrogen) atoms. The van der Waals surface area contributed by atoms with Crippen LogP contribution in [0.15, 0.2) is 18.2 Å². The smallest absolute Gasteiger partial charge is 0.315 e. The molecule has 3 rings (SSSR count). The van der Waals surface area contributed by atoms with E-state index in [0.29, 0.717) is 28.1 Å². The highest BCUT2D eigenvalue weighted by Gasteiger charge is 2.42. The lowest BCUT2D eigenvalue weighted by Gasteiger charge is -2.17. The van der Waals surface area contributed by atoms with Gasteiger partial charge in [-0.2, -0.15) is 11.8 Å². The van der Waals surface area contributed by atoms with Gasteiger partial charge in [0.05, 0.1) is 12.1 Å². The van der Waals surface area contributed by atoms with Crippen molar-refractivity contribution >= 4 is 46.9 Å². The quantitative estimate of drug-likeness (QED) is 0.435. The van der Waals surface area contributed by atoms with Gasteiger partial charge in [-0.25, -0.2) is 4.79 Å². The molecule has 148 valence electrons. The Bertz CT molecular complexity index is 704. The topological polar surface area (TPSA) is 70.2 Å². The fourth-order valence-corrected chi connectivity index (χ4v) is 5.72. The maximum atomic E-state index is 12.2. The van der Waals surface area contributed by atoms with Crippen molar-refractivity contribution in [1.82, 2.24) is 16.0 Å². The largest absolute Gasteiger partial charge is 0.353 e. The van der Waals surface area contributed by atoms with Crippen molar-refractivity contribution in [3.63, 3.8) is 0 Å². The standard InChI is InChI=1S/C19H25Cl2N3O2S/c1-11(8-12-6-7-13(20)9-14(12)21)22-17(25)5-3-2-4-16-18-15(10-27-16)23-19(26)24-18/h6-7,9,11,15-16,18H,2-5,8,10H2,1H3,(H,22,25)(H2,23,24,26)/t11?,15-,16-,18-/m0/s1. The fourth-order valence-electron chi connectivity index (χ4n) is 3.69. The summed E-state index contributed by atoms with van der Waals surface area (Å²) < 4.78 is 0. The van der Waals surface area contributed by atoms with Gasteiger partial charge in [0.15, 0.2) is 0 Å². The van der Waals surface area contributed by atoms with E-state index in [1.807, 2.05) is 30.8 Å². The van der Waals surface area contributed by atoms with Gasteiger partial charge < -0.3 is 16.0 Å². The Balaban J connectivity index is 1.33. The zero-order chi connectivity index (χ0) is 19.4. The van der Waals surface area contributed by atoms with Crippen LogP contribution in [-0.4, -0.2) is 41.1 Å². The van der Waals surface area contributed by atoms with Crippen molar-refractivity contribution in [3.8, 4) is 0 Å². The van der Waals surface area contributed by atoms with Gasteiger partial charge in [0, 0.05) is 33.5 Å². The maximum Gasteiger partial charge on any atom is 0.315 e. The lowest BCUT2D eigenvalue weighted by atomic mass is 10.0. The fraction of sp³-hybridized carbons (Fsp3) is 0.579. The molecule has 3 N–H and O–H groups in total. The van der Waals surface area contributed by atoms with E-state index in [4.69, 9.17) is 23.2 Å². The molecule has 3 amide bonds. The molecule has 0 saturated carbocycles. The lowest BCUT2D eigenvalue weighted by molar-refractivity contribution is -0.121. The van der Waals surface area contributed by atoms with Gasteiger partial charge in [0.25, 0.3) is 0 Å². The van der Waals surface area contributed by atoms with Gasteiger partial charge in [0.2, 0.25) is 5.91 Å². The van der Waals surface area contributed by atoms with Crippen LogP contribution < -0.4 is 16.0 Å². The maximum absolute atomic E-state index is 12.2. The summed E-state index contributed by atoms with van der Waals surface area (Å²) in [4.78, 5) is 23.6. The molecule has 0 bridgehead atoms. The number of fused-ring (bicyclic) bond motifs is 1. The number of rotatable bonds is 8. The SMILES string of the molecule is CC(Cc1ccc(Cl)cc1Cl)NC(=O)CCCC[C@@H]1SC[C@@H]2NC(=O)N[C@@H]21. The molecule has 5 nitrogen and oxygen atoms in total. The summed E-state index contributed by atoms with van der Waals surface area (Å²) >= 11 is 14.0. The van der Waals surface area contributed by atoms with Crippen LogP contribution in [0, 0.1) is 0 Å². The summed E-state index contributed by atoms with van der Waals surface area (Å²) in [5, 5.41) is 10.7. The third kappa shape index (κ3) is 5.69. The molecular weight excluding hydrogens is 405 g/mol. The second-order valence-corrected chi connectivity index (χ2v) is 9.39. The van der Waals surface area contributed by atoms with E-state index in [1.54, 1.807) is 6.07 Å². The minimum Gasteiger partial charge on any atom is -0.353 e. The molecule has 2 fully saturated rings. The van der Waals surface area contributed by atoms with Gasteiger partial charge in [0.1, 0.15) is 0 Å². The molecule has 4 atom stereocenters. The molecule has 2 aliphatic heterocycles. The van der Waals surface area contributed by atoms with Crippen LogP contribution in [0.25, 0.3) is 0 Å². The number of nitrogens with one attached hydrogen (secondary N) is 3. The van der Waals surface area contributed by atoms with Crippen LogP contribution in [0.1, 0.15) is 38.2 Å². The van der Waals surface area contributed by atoms with Crippen molar-refractivity contribution in [3.05, 3.63) is 33.8 Å². The van der Waals surface area contributed by atoms with Gasteiger partial charge in [-0.15, -0.1) is 0 Å². The Labute approximate surface area is 174 Å². The molecule has 0 aliphatic carbocycles. The number of amides is 3. The second-order valence-electron chi connectivity index (χ2n) is 7.28. The zero-order valence-corrected chi connectivity index (χ0v) is 17.6. The lowest BCUT2D eigenvalue weighted by Crippen LogP contribution is -2.36. The minimum atomic E-state index is -0.0514. The van der Waals surface area contributed by atoms with E-state index in [1.165, 1.54) is 0 Å². The molecule has 1 unspecified atom stereocenters. The van der Waals surface area contributed by atoms with Crippen LogP contribution in [-0.2, 0) is 11.2 Å². The Morgan fingerprint density at radius 1 is 1.33 bits per heavy atom. The molecule has 8 heteroatoms. The summed E-state index contributed by atoms with van der Waals surface area (Å²) in [6.07, 6.45) is 4.07. The highest BCUT2D eigenvalue weighted by Crippen LogP contribution is 2.33. The first kappa shape index (κ1) is 20.6. The van der Waals surface area contributed by atoms with Gasteiger partial charge in [-0.1, -0.05) is 35.7 Å². The number of hydrogen-bond acceptors (Lipinski definition) is 3. The number of hydrogen-bond donors (Lipinski definition) is 3. The number of thioether (sulfide) groups is 1. The molecule has 0 spiro atoms. The van der Waals surface area contributed by atoms with Crippen LogP contribution in [0.2, 0.25) is 10.0 Å². The van der Waals surface area contributed by atoms with Crippen molar-refractivity contribution in [1.29, 1.82) is 0 Å². The molecular formula is C19H25Cl2N3O2S. The van der Waals surface area contributed by atoms with Crippen LogP contribution in [0.4, 0.5) is 4.79 Å². The van der Waals surface area contributed by atoms with Crippen LogP contribution >= 0.6 is 35.0 Å². The summed E-state index contributed by atoms with van der Waals surface area (Å²) in [5.41, 5.74) is 0.980. The van der Waals surface area contributed by atoms with Crippen LogP contribution in [0.5, 0.6) is 0 Å². The van der Waals surface area contributed by atoms with Crippen molar-refractivity contribution in [2.75, 3.05) is 5.75 Å². The zero-order valence-electron chi connectivity index (χ0n) is 15.3. The highest BCUT2D eigenvalue weighted by molar-refractivity contribution is 8.00. The summed E-state index contributed by atoms with van der Waals surface area (Å²) in [7, 11) is 0. The van der Waals surface area contributed by atoms with Crippen molar-refractivity contribution in [2.45, 2.75) is 62.4 Å². The number of halogens is 2. The number of carbonyl (C=O) groups excluding carboxylic acids is 2. The molecule has 0 aromatic heterocycles. The van der Waals surface area contributed by atoms with E-state index >= 15 is 0 Å². The third-order valence-electron chi connectivity index (χ3n) is 5.03. The molecule has 1 aromatic carbocycles. The van der Waals surface area contributed by atoms with Gasteiger partial charge >= 0.3 is 6.03 Å². The molecule has 2 saturated heterocycles. The molecule has 0 radical (unpaired) electrons. The average molecular weight is 430 g/mol. The molecule has 1 aromatic rings. The van der Waals surface area contributed by atoms with E-state index < -0.39 is 0 Å². The summed E-state index contributed by atoms with van der Waals surface area (Å²) in [6, 6.07) is 5.89. The van der Waals surface area contributed by atoms with E-state index in [0.717, 1.165) is 30.6 Å².